The zero-order valence-electron chi connectivity index (χ0n) is 21.3. The number of nitrogens with one attached hydrogen (secondary N) is 2. The zero-order valence-corrected chi connectivity index (χ0v) is 22.2. The number of non-ortho nitro benzene ring substituents is 1. The van der Waals surface area contributed by atoms with Crippen LogP contribution in [0.5, 0.6) is 5.75 Å². The molecule has 37 heavy (non-hydrogen) atoms. The van der Waals surface area contributed by atoms with Gasteiger partial charge in [0.15, 0.2) is 11.0 Å². The van der Waals surface area contributed by atoms with Gasteiger partial charge in [0.1, 0.15) is 5.75 Å². The highest BCUT2D eigenvalue weighted by molar-refractivity contribution is 7.99. The number of benzene rings is 2. The maximum absolute atomic E-state index is 12.9. The lowest BCUT2D eigenvalue weighted by atomic mass is 10.0. The average Bonchev–Trinajstić information content (AvgIpc) is 3.29. The number of nitro benzene ring substituents is 1. The van der Waals surface area contributed by atoms with E-state index in [0.29, 0.717) is 40.1 Å². The molecular formula is C25H30N6O5S. The number of hydrogen-bond acceptors (Lipinski definition) is 8. The maximum Gasteiger partial charge on any atom is 0.269 e. The van der Waals surface area contributed by atoms with E-state index in [0.717, 1.165) is 0 Å². The molecule has 196 valence electrons. The Labute approximate surface area is 219 Å². The number of ether oxygens (including phenoxy) is 1. The fourth-order valence-corrected chi connectivity index (χ4v) is 4.46. The minimum absolute atomic E-state index is 0.0305. The van der Waals surface area contributed by atoms with Crippen molar-refractivity contribution in [3.8, 4) is 5.75 Å². The standard InChI is InChI=1S/C25H30N6O5S/c1-6-30-23(22(15(2)3)27-24(33)17-7-10-19(36-5)11-8-17)28-29-25(30)37-14-21(32)26-20-12-9-18(31(34)35)13-16(20)4/h7-13,15,22H,6,14H2,1-5H3,(H,26,32)(H,27,33). The second kappa shape index (κ2) is 12.3. The van der Waals surface area contributed by atoms with Gasteiger partial charge in [-0.25, -0.2) is 0 Å². The summed E-state index contributed by atoms with van der Waals surface area (Å²) < 4.78 is 7.04. The van der Waals surface area contributed by atoms with Gasteiger partial charge in [0.05, 0.1) is 23.8 Å². The molecule has 1 aromatic heterocycles. The molecule has 1 unspecified atom stereocenters. The summed E-state index contributed by atoms with van der Waals surface area (Å²) in [7, 11) is 1.57. The molecule has 0 aliphatic carbocycles. The Balaban J connectivity index is 1.70. The molecule has 1 heterocycles. The van der Waals surface area contributed by atoms with Gasteiger partial charge in [-0.3, -0.25) is 19.7 Å². The molecule has 2 N–H and O–H groups in total. The van der Waals surface area contributed by atoms with Gasteiger partial charge in [-0.15, -0.1) is 10.2 Å². The summed E-state index contributed by atoms with van der Waals surface area (Å²) in [5.74, 6) is 0.856. The smallest absolute Gasteiger partial charge is 0.269 e. The van der Waals surface area contributed by atoms with Crippen LogP contribution in [0.1, 0.15) is 48.6 Å². The summed E-state index contributed by atoms with van der Waals surface area (Å²) in [6.45, 7) is 8.16. The van der Waals surface area contributed by atoms with Crippen LogP contribution in [0, 0.1) is 23.0 Å². The van der Waals surface area contributed by atoms with Crippen LogP contribution in [0.25, 0.3) is 0 Å². The molecular weight excluding hydrogens is 496 g/mol. The van der Waals surface area contributed by atoms with E-state index in [1.54, 1.807) is 38.3 Å². The number of anilines is 1. The quantitative estimate of drug-likeness (QED) is 0.213. The Bertz CT molecular complexity index is 1280. The van der Waals surface area contributed by atoms with Crippen molar-refractivity contribution in [3.05, 3.63) is 69.5 Å². The molecule has 11 nitrogen and oxygen atoms in total. The summed E-state index contributed by atoms with van der Waals surface area (Å²) in [5, 5.41) is 25.9. The molecule has 0 aliphatic heterocycles. The third kappa shape index (κ3) is 6.85. The fourth-order valence-electron chi connectivity index (χ4n) is 3.65. The van der Waals surface area contributed by atoms with Crippen LogP contribution in [-0.2, 0) is 11.3 Å². The van der Waals surface area contributed by atoms with Crippen LogP contribution >= 0.6 is 11.8 Å². The number of nitrogens with zero attached hydrogens (tertiary/aromatic N) is 4. The Morgan fingerprint density at radius 1 is 1.16 bits per heavy atom. The molecule has 12 heteroatoms. The van der Waals surface area contributed by atoms with Crippen molar-refractivity contribution >= 4 is 35.0 Å². The van der Waals surface area contributed by atoms with Gasteiger partial charge in [-0.2, -0.15) is 0 Å². The average molecular weight is 527 g/mol. The number of amides is 2. The summed E-state index contributed by atoms with van der Waals surface area (Å²) in [6, 6.07) is 10.7. The Kier molecular flexibility index (Phi) is 9.23. The minimum Gasteiger partial charge on any atom is -0.497 e. The molecule has 1 atom stereocenters. The van der Waals surface area contributed by atoms with Gasteiger partial charge in [0.25, 0.3) is 11.6 Å². The molecule has 0 aliphatic rings. The predicted octanol–water partition coefficient (Wildman–Crippen LogP) is 4.38. The van der Waals surface area contributed by atoms with Gasteiger partial charge in [-0.1, -0.05) is 25.6 Å². The summed E-state index contributed by atoms with van der Waals surface area (Å²) in [6.07, 6.45) is 0. The van der Waals surface area contributed by atoms with Crippen molar-refractivity contribution in [3.63, 3.8) is 0 Å². The molecule has 0 saturated heterocycles. The van der Waals surface area contributed by atoms with E-state index in [1.807, 2.05) is 25.3 Å². The first-order valence-corrected chi connectivity index (χ1v) is 12.7. The first-order chi connectivity index (χ1) is 17.6. The number of nitro groups is 1. The minimum atomic E-state index is -0.479. The Hall–Kier alpha value is -3.93. The number of aromatic nitrogens is 3. The number of aryl methyl sites for hydroxylation is 1. The van der Waals surface area contributed by atoms with Gasteiger partial charge >= 0.3 is 0 Å². The maximum atomic E-state index is 12.9. The highest BCUT2D eigenvalue weighted by Gasteiger charge is 2.26. The number of hydrogen-bond donors (Lipinski definition) is 2. The normalized spacial score (nSPS) is 11.7. The van der Waals surface area contributed by atoms with Gasteiger partial charge < -0.3 is 19.9 Å². The lowest BCUT2D eigenvalue weighted by Crippen LogP contribution is -2.33. The topological polar surface area (TPSA) is 141 Å². The molecule has 0 saturated carbocycles. The number of carbonyl (C=O) groups is 2. The molecule has 3 rings (SSSR count). The first-order valence-electron chi connectivity index (χ1n) is 11.7. The van der Waals surface area contributed by atoms with Crippen molar-refractivity contribution in [1.82, 2.24) is 20.1 Å². The highest BCUT2D eigenvalue weighted by atomic mass is 32.2. The van der Waals surface area contributed by atoms with E-state index in [1.165, 1.54) is 30.0 Å². The van der Waals surface area contributed by atoms with E-state index >= 15 is 0 Å². The van der Waals surface area contributed by atoms with Crippen LogP contribution in [0.15, 0.2) is 47.6 Å². The van der Waals surface area contributed by atoms with Crippen LogP contribution < -0.4 is 15.4 Å². The summed E-state index contributed by atoms with van der Waals surface area (Å²) >= 11 is 1.22. The predicted molar refractivity (Wildman–Crippen MR) is 141 cm³/mol. The number of rotatable bonds is 11. The van der Waals surface area contributed by atoms with Crippen LogP contribution in [0.4, 0.5) is 11.4 Å². The Morgan fingerprint density at radius 3 is 2.43 bits per heavy atom. The van der Waals surface area contributed by atoms with Gasteiger partial charge in [0, 0.05) is 29.9 Å². The van der Waals surface area contributed by atoms with Crippen molar-refractivity contribution in [2.75, 3.05) is 18.2 Å². The Morgan fingerprint density at radius 2 is 1.86 bits per heavy atom. The van der Waals surface area contributed by atoms with Gasteiger partial charge in [0.2, 0.25) is 5.91 Å². The summed E-state index contributed by atoms with van der Waals surface area (Å²) in [4.78, 5) is 35.9. The molecule has 0 bridgehead atoms. The molecule has 0 spiro atoms. The molecule has 0 fully saturated rings. The largest absolute Gasteiger partial charge is 0.497 e. The van der Waals surface area contributed by atoms with Crippen molar-refractivity contribution < 1.29 is 19.2 Å². The fraction of sp³-hybridized carbons (Fsp3) is 0.360. The number of methoxy groups -OCH3 is 1. The molecule has 0 radical (unpaired) electrons. The highest BCUT2D eigenvalue weighted by Crippen LogP contribution is 2.26. The van der Waals surface area contributed by atoms with E-state index in [4.69, 9.17) is 4.74 Å². The SMILES string of the molecule is CCn1c(SCC(=O)Nc2ccc([N+](=O)[O-])cc2C)nnc1C(NC(=O)c1ccc(OC)cc1)C(C)C. The lowest BCUT2D eigenvalue weighted by Gasteiger charge is -2.22. The number of carbonyl (C=O) groups excluding carboxylic acids is 2. The van der Waals surface area contributed by atoms with Crippen molar-refractivity contribution in [1.29, 1.82) is 0 Å². The van der Waals surface area contributed by atoms with E-state index in [2.05, 4.69) is 20.8 Å². The second-order valence-corrected chi connectivity index (χ2v) is 9.54. The number of thioether (sulfide) groups is 1. The monoisotopic (exact) mass is 526 g/mol. The molecule has 3 aromatic rings. The van der Waals surface area contributed by atoms with Crippen LogP contribution in [0.2, 0.25) is 0 Å². The summed E-state index contributed by atoms with van der Waals surface area (Å²) in [5.41, 5.74) is 1.57. The van der Waals surface area contributed by atoms with Crippen molar-refractivity contribution in [2.45, 2.75) is 45.4 Å². The van der Waals surface area contributed by atoms with E-state index < -0.39 is 11.0 Å². The van der Waals surface area contributed by atoms with E-state index in [-0.39, 0.29) is 29.2 Å². The first kappa shape index (κ1) is 27.7. The zero-order chi connectivity index (χ0) is 27.1. The van der Waals surface area contributed by atoms with Crippen molar-refractivity contribution in [2.24, 2.45) is 5.92 Å². The molecule has 2 aromatic carbocycles. The third-order valence-electron chi connectivity index (χ3n) is 5.67. The van der Waals surface area contributed by atoms with E-state index in [9.17, 15) is 19.7 Å². The van der Waals surface area contributed by atoms with Gasteiger partial charge in [-0.05, 0) is 55.7 Å². The molecule has 2 amide bonds. The lowest BCUT2D eigenvalue weighted by molar-refractivity contribution is -0.384. The van der Waals surface area contributed by atoms with Crippen LogP contribution in [-0.4, -0.2) is 44.4 Å². The third-order valence-corrected chi connectivity index (χ3v) is 6.64. The van der Waals surface area contributed by atoms with Crippen LogP contribution in [0.3, 0.4) is 0 Å². The second-order valence-electron chi connectivity index (χ2n) is 8.60.